The predicted molar refractivity (Wildman–Crippen MR) is 60.9 cm³/mol. The van der Waals surface area contributed by atoms with Crippen molar-refractivity contribution in [2.45, 2.75) is 6.92 Å². The van der Waals surface area contributed by atoms with Crippen LogP contribution in [0.5, 0.6) is 0 Å². The van der Waals surface area contributed by atoms with Gasteiger partial charge in [0.05, 0.1) is 5.75 Å². The van der Waals surface area contributed by atoms with Crippen molar-refractivity contribution in [1.29, 1.82) is 0 Å². The number of hydrogen-bond acceptors (Lipinski definition) is 5. The molecule has 0 saturated heterocycles. The quantitative estimate of drug-likeness (QED) is 0.443. The standard InChI is InChI=1S/C10H8N2O3S/c1-8(13)16-7-3-5-9-4-2-6-11-10(9)12(14)15/h2,4,6H,7H2,1H3. The van der Waals surface area contributed by atoms with E-state index >= 15 is 0 Å². The van der Waals surface area contributed by atoms with E-state index in [9.17, 15) is 14.9 Å². The second-order valence-corrected chi connectivity index (χ2v) is 3.87. The van der Waals surface area contributed by atoms with Crippen LogP contribution in [0.4, 0.5) is 5.82 Å². The molecule has 0 radical (unpaired) electrons. The molecular weight excluding hydrogens is 228 g/mol. The van der Waals surface area contributed by atoms with Crippen LogP contribution < -0.4 is 0 Å². The zero-order valence-electron chi connectivity index (χ0n) is 8.47. The Morgan fingerprint density at radius 2 is 2.44 bits per heavy atom. The first kappa shape index (κ1) is 12.2. The topological polar surface area (TPSA) is 73.1 Å². The van der Waals surface area contributed by atoms with Crippen LogP contribution in [0.3, 0.4) is 0 Å². The van der Waals surface area contributed by atoms with Crippen molar-refractivity contribution < 1.29 is 9.72 Å². The van der Waals surface area contributed by atoms with Gasteiger partial charge in [0.2, 0.25) is 0 Å². The molecule has 0 spiro atoms. The highest BCUT2D eigenvalue weighted by Gasteiger charge is 2.11. The van der Waals surface area contributed by atoms with E-state index in [-0.39, 0.29) is 16.5 Å². The van der Waals surface area contributed by atoms with Gasteiger partial charge in [-0.3, -0.25) is 4.79 Å². The zero-order valence-corrected chi connectivity index (χ0v) is 9.28. The number of aromatic nitrogens is 1. The molecule has 1 aromatic heterocycles. The molecule has 16 heavy (non-hydrogen) atoms. The molecule has 1 rings (SSSR count). The number of pyridine rings is 1. The summed E-state index contributed by atoms with van der Waals surface area (Å²) in [6, 6.07) is 3.10. The summed E-state index contributed by atoms with van der Waals surface area (Å²) >= 11 is 1.06. The summed E-state index contributed by atoms with van der Waals surface area (Å²) in [4.78, 5) is 24.2. The number of thioether (sulfide) groups is 1. The Balaban J connectivity index is 2.80. The summed E-state index contributed by atoms with van der Waals surface area (Å²) < 4.78 is 0. The van der Waals surface area contributed by atoms with Gasteiger partial charge in [-0.25, -0.2) is 0 Å². The van der Waals surface area contributed by atoms with Gasteiger partial charge in [-0.1, -0.05) is 23.6 Å². The van der Waals surface area contributed by atoms with Gasteiger partial charge in [0.15, 0.2) is 5.12 Å². The number of hydrogen-bond donors (Lipinski definition) is 0. The second kappa shape index (κ2) is 5.88. The lowest BCUT2D eigenvalue weighted by molar-refractivity contribution is -0.389. The highest BCUT2D eigenvalue weighted by Crippen LogP contribution is 2.12. The number of carbonyl (C=O) groups is 1. The van der Waals surface area contributed by atoms with E-state index in [0.29, 0.717) is 5.75 Å². The highest BCUT2D eigenvalue weighted by atomic mass is 32.2. The molecule has 0 aliphatic carbocycles. The molecule has 0 amide bonds. The average Bonchev–Trinajstić information content (AvgIpc) is 2.24. The van der Waals surface area contributed by atoms with Gasteiger partial charge in [-0.05, 0) is 22.0 Å². The van der Waals surface area contributed by atoms with E-state index in [1.165, 1.54) is 19.2 Å². The summed E-state index contributed by atoms with van der Waals surface area (Å²) in [5.41, 5.74) is 0.261. The Labute approximate surface area is 96.4 Å². The van der Waals surface area contributed by atoms with E-state index < -0.39 is 4.92 Å². The number of carbonyl (C=O) groups excluding carboxylic acids is 1. The maximum absolute atomic E-state index is 10.6. The second-order valence-electron chi connectivity index (χ2n) is 2.71. The van der Waals surface area contributed by atoms with Crippen molar-refractivity contribution in [3.63, 3.8) is 0 Å². The summed E-state index contributed by atoms with van der Waals surface area (Å²) in [5.74, 6) is 5.36. The summed E-state index contributed by atoms with van der Waals surface area (Å²) in [7, 11) is 0. The Hall–Kier alpha value is -1.87. The molecule has 0 fully saturated rings. The van der Waals surface area contributed by atoms with Gasteiger partial charge in [0, 0.05) is 6.92 Å². The molecule has 0 N–H and O–H groups in total. The third-order valence-corrected chi connectivity index (χ3v) is 2.23. The predicted octanol–water partition coefficient (Wildman–Crippen LogP) is 1.62. The molecule has 82 valence electrons. The van der Waals surface area contributed by atoms with Crippen LogP contribution in [-0.4, -0.2) is 20.8 Å². The molecule has 1 heterocycles. The van der Waals surface area contributed by atoms with E-state index in [0.717, 1.165) is 11.8 Å². The van der Waals surface area contributed by atoms with E-state index in [4.69, 9.17) is 0 Å². The molecule has 5 nitrogen and oxygen atoms in total. The average molecular weight is 236 g/mol. The lowest BCUT2D eigenvalue weighted by atomic mass is 10.2. The minimum atomic E-state index is -0.581. The molecule has 1 aromatic rings. The Bertz CT molecular complexity index is 476. The van der Waals surface area contributed by atoms with Crippen LogP contribution in [0.2, 0.25) is 0 Å². The van der Waals surface area contributed by atoms with Gasteiger partial charge >= 0.3 is 5.82 Å². The fraction of sp³-hybridized carbons (Fsp3) is 0.200. The van der Waals surface area contributed by atoms with Crippen LogP contribution in [-0.2, 0) is 4.79 Å². The first-order valence-corrected chi connectivity index (χ1v) is 5.31. The van der Waals surface area contributed by atoms with Crippen molar-refractivity contribution in [2.75, 3.05) is 5.75 Å². The minimum Gasteiger partial charge on any atom is -0.358 e. The van der Waals surface area contributed by atoms with Crippen molar-refractivity contribution in [1.82, 2.24) is 4.98 Å². The van der Waals surface area contributed by atoms with Crippen molar-refractivity contribution in [2.24, 2.45) is 0 Å². The normalized spacial score (nSPS) is 9.06. The minimum absolute atomic E-state index is 0.0324. The SMILES string of the molecule is CC(=O)SCC#Cc1cccnc1[N+](=O)[O-]. The molecule has 0 aliphatic heterocycles. The smallest absolute Gasteiger partial charge is 0.358 e. The molecule has 0 unspecified atom stereocenters. The maximum atomic E-state index is 10.6. The van der Waals surface area contributed by atoms with Crippen molar-refractivity contribution in [3.8, 4) is 11.8 Å². The van der Waals surface area contributed by atoms with Crippen LogP contribution in [0.15, 0.2) is 18.3 Å². The maximum Gasteiger partial charge on any atom is 0.379 e. The fourth-order valence-electron chi connectivity index (χ4n) is 0.909. The van der Waals surface area contributed by atoms with E-state index in [2.05, 4.69) is 16.8 Å². The number of rotatable bonds is 2. The molecule has 0 bridgehead atoms. The van der Waals surface area contributed by atoms with Crippen LogP contribution in [0.25, 0.3) is 0 Å². The third-order valence-electron chi connectivity index (χ3n) is 1.53. The summed E-state index contributed by atoms with van der Waals surface area (Å²) in [6.45, 7) is 1.44. The lowest BCUT2D eigenvalue weighted by Crippen LogP contribution is -1.94. The van der Waals surface area contributed by atoms with E-state index in [1.54, 1.807) is 6.07 Å². The lowest BCUT2D eigenvalue weighted by Gasteiger charge is -1.93. The van der Waals surface area contributed by atoms with Crippen LogP contribution in [0.1, 0.15) is 12.5 Å². The molecule has 0 aromatic carbocycles. The highest BCUT2D eigenvalue weighted by molar-refractivity contribution is 8.13. The number of nitro groups is 1. The molecular formula is C10H8N2O3S. The van der Waals surface area contributed by atoms with Gasteiger partial charge < -0.3 is 10.1 Å². The van der Waals surface area contributed by atoms with E-state index in [1.807, 2.05) is 0 Å². The Morgan fingerprint density at radius 3 is 3.06 bits per heavy atom. The summed E-state index contributed by atoms with van der Waals surface area (Å²) in [6.07, 6.45) is 1.34. The zero-order chi connectivity index (χ0) is 12.0. The molecule has 0 saturated carbocycles. The third kappa shape index (κ3) is 3.71. The monoisotopic (exact) mass is 236 g/mol. The van der Waals surface area contributed by atoms with Crippen molar-refractivity contribution >= 4 is 22.7 Å². The molecule has 0 atom stereocenters. The first-order valence-electron chi connectivity index (χ1n) is 4.33. The van der Waals surface area contributed by atoms with Gasteiger partial charge in [0.1, 0.15) is 11.8 Å². The Kier molecular flexibility index (Phi) is 4.48. The largest absolute Gasteiger partial charge is 0.379 e. The van der Waals surface area contributed by atoms with Gasteiger partial charge in [0.25, 0.3) is 0 Å². The number of nitrogens with zero attached hydrogens (tertiary/aromatic N) is 2. The van der Waals surface area contributed by atoms with Crippen molar-refractivity contribution in [3.05, 3.63) is 34.0 Å². The molecule has 0 aliphatic rings. The fourth-order valence-corrected chi connectivity index (χ4v) is 1.26. The summed E-state index contributed by atoms with van der Waals surface area (Å²) in [5, 5.41) is 10.5. The van der Waals surface area contributed by atoms with Gasteiger partial charge in [-0.15, -0.1) is 0 Å². The van der Waals surface area contributed by atoms with Gasteiger partial charge in [-0.2, -0.15) is 0 Å². The molecule has 6 heteroatoms. The van der Waals surface area contributed by atoms with Crippen LogP contribution >= 0.6 is 11.8 Å². The Morgan fingerprint density at radius 1 is 1.69 bits per heavy atom. The first-order chi connectivity index (χ1) is 7.61. The van der Waals surface area contributed by atoms with Crippen LogP contribution in [0, 0.1) is 22.0 Å².